The van der Waals surface area contributed by atoms with E-state index < -0.39 is 10.0 Å². The molecule has 114 valence electrons. The maximum absolute atomic E-state index is 12.2. The van der Waals surface area contributed by atoms with Gasteiger partial charge in [0.2, 0.25) is 0 Å². The lowest BCUT2D eigenvalue weighted by molar-refractivity contribution is 0.588. The molecule has 2 aromatic rings. The molecule has 21 heavy (non-hydrogen) atoms. The van der Waals surface area contributed by atoms with Crippen molar-refractivity contribution >= 4 is 15.7 Å². The molecule has 0 amide bonds. The Morgan fingerprint density at radius 2 is 2.10 bits per heavy atom. The minimum atomic E-state index is -3.64. The molecule has 0 atom stereocenters. The number of benzene rings is 1. The first-order valence-electron chi connectivity index (χ1n) is 6.70. The number of hydrogen-bond acceptors (Lipinski definition) is 4. The topological polar surface area (TPSA) is 76.0 Å². The van der Waals surface area contributed by atoms with Gasteiger partial charge in [0.1, 0.15) is 0 Å². The van der Waals surface area contributed by atoms with Crippen molar-refractivity contribution in [2.75, 3.05) is 4.72 Å². The van der Waals surface area contributed by atoms with Gasteiger partial charge in [-0.05, 0) is 17.7 Å². The zero-order chi connectivity index (χ0) is 15.5. The van der Waals surface area contributed by atoms with Crippen LogP contribution in [0.4, 0.5) is 5.69 Å². The Hall–Kier alpha value is -1.86. The highest BCUT2D eigenvalue weighted by molar-refractivity contribution is 7.92. The normalized spacial score (nSPS) is 11.8. The van der Waals surface area contributed by atoms with Crippen LogP contribution in [0, 0.1) is 0 Å². The summed E-state index contributed by atoms with van der Waals surface area (Å²) in [5.74, 6) is 0. The molecule has 1 aromatic heterocycles. The fraction of sp³-hybridized carbons (Fsp3) is 0.357. The molecule has 6 nitrogen and oxygen atoms in total. The largest absolute Gasteiger partial charge is 0.339 e. The molecule has 0 aliphatic carbocycles. The van der Waals surface area contributed by atoms with E-state index in [1.54, 1.807) is 17.7 Å². The standard InChI is InChI=1S/C14H20N4O2S/c1-11(2)15-8-12-5-4-6-13(7-12)17-21(19,20)14-9-18(3)10-16-14/h4-7,9-11,15,17H,8H2,1-3H3. The summed E-state index contributed by atoms with van der Waals surface area (Å²) in [6, 6.07) is 7.69. The summed E-state index contributed by atoms with van der Waals surface area (Å²) < 4.78 is 28.5. The van der Waals surface area contributed by atoms with Crippen LogP contribution in [0.25, 0.3) is 0 Å². The minimum Gasteiger partial charge on any atom is -0.339 e. The molecule has 0 aliphatic heterocycles. The van der Waals surface area contributed by atoms with Crippen LogP contribution in [-0.4, -0.2) is 24.0 Å². The molecule has 2 rings (SSSR count). The van der Waals surface area contributed by atoms with Crippen LogP contribution in [0.1, 0.15) is 19.4 Å². The van der Waals surface area contributed by atoms with Crippen LogP contribution in [0.3, 0.4) is 0 Å². The number of sulfonamides is 1. The van der Waals surface area contributed by atoms with Gasteiger partial charge in [-0.25, -0.2) is 4.98 Å². The highest BCUT2D eigenvalue weighted by atomic mass is 32.2. The van der Waals surface area contributed by atoms with Gasteiger partial charge in [0, 0.05) is 31.5 Å². The molecular weight excluding hydrogens is 288 g/mol. The molecule has 0 bridgehead atoms. The maximum Gasteiger partial charge on any atom is 0.280 e. The minimum absolute atomic E-state index is 0.00992. The third kappa shape index (κ3) is 4.30. The quantitative estimate of drug-likeness (QED) is 0.852. The predicted molar refractivity (Wildman–Crippen MR) is 82.4 cm³/mol. The molecule has 1 heterocycles. The van der Waals surface area contributed by atoms with Crippen molar-refractivity contribution in [1.29, 1.82) is 0 Å². The Labute approximate surface area is 125 Å². The molecule has 0 saturated heterocycles. The summed E-state index contributed by atoms with van der Waals surface area (Å²) in [6.45, 7) is 4.82. The summed E-state index contributed by atoms with van der Waals surface area (Å²) in [5.41, 5.74) is 1.55. The van der Waals surface area contributed by atoms with Gasteiger partial charge in [0.05, 0.1) is 6.33 Å². The van der Waals surface area contributed by atoms with Crippen molar-refractivity contribution < 1.29 is 8.42 Å². The van der Waals surface area contributed by atoms with Crippen molar-refractivity contribution in [2.24, 2.45) is 7.05 Å². The summed E-state index contributed by atoms with van der Waals surface area (Å²) in [5, 5.41) is 3.30. The number of aromatic nitrogens is 2. The van der Waals surface area contributed by atoms with Crippen LogP contribution in [-0.2, 0) is 23.6 Å². The van der Waals surface area contributed by atoms with E-state index in [4.69, 9.17) is 0 Å². The van der Waals surface area contributed by atoms with E-state index in [0.29, 0.717) is 18.3 Å². The van der Waals surface area contributed by atoms with Gasteiger partial charge in [0.15, 0.2) is 5.03 Å². The lowest BCUT2D eigenvalue weighted by Gasteiger charge is -2.10. The molecule has 0 unspecified atom stereocenters. The van der Waals surface area contributed by atoms with Crippen LogP contribution < -0.4 is 10.0 Å². The molecule has 0 fully saturated rings. The summed E-state index contributed by atoms with van der Waals surface area (Å²) in [4.78, 5) is 3.87. The third-order valence-electron chi connectivity index (χ3n) is 2.85. The lowest BCUT2D eigenvalue weighted by Crippen LogP contribution is -2.22. The van der Waals surface area contributed by atoms with E-state index in [9.17, 15) is 8.42 Å². The van der Waals surface area contributed by atoms with Crippen LogP contribution in [0.15, 0.2) is 41.8 Å². The summed E-state index contributed by atoms with van der Waals surface area (Å²) in [7, 11) is -1.92. The molecule has 0 saturated carbocycles. The molecular formula is C14H20N4O2S. The Balaban J connectivity index is 2.14. The average molecular weight is 308 g/mol. The van der Waals surface area contributed by atoms with E-state index in [1.807, 2.05) is 18.2 Å². The van der Waals surface area contributed by atoms with E-state index in [1.165, 1.54) is 12.5 Å². The van der Waals surface area contributed by atoms with Crippen LogP contribution in [0.5, 0.6) is 0 Å². The van der Waals surface area contributed by atoms with Crippen LogP contribution in [0.2, 0.25) is 0 Å². The Morgan fingerprint density at radius 1 is 1.33 bits per heavy atom. The van der Waals surface area contributed by atoms with Crippen molar-refractivity contribution in [3.05, 3.63) is 42.4 Å². The Morgan fingerprint density at radius 3 is 2.71 bits per heavy atom. The van der Waals surface area contributed by atoms with Gasteiger partial charge in [-0.2, -0.15) is 8.42 Å². The number of nitrogens with one attached hydrogen (secondary N) is 2. The first kappa shape index (κ1) is 15.5. The number of hydrogen-bond donors (Lipinski definition) is 2. The number of rotatable bonds is 6. The maximum atomic E-state index is 12.2. The molecule has 0 aliphatic rings. The number of imidazole rings is 1. The second-order valence-corrected chi connectivity index (χ2v) is 6.85. The van der Waals surface area contributed by atoms with Gasteiger partial charge in [0.25, 0.3) is 10.0 Å². The molecule has 2 N–H and O–H groups in total. The van der Waals surface area contributed by atoms with Crippen LogP contribution >= 0.6 is 0 Å². The zero-order valence-corrected chi connectivity index (χ0v) is 13.2. The predicted octanol–water partition coefficient (Wildman–Crippen LogP) is 1.72. The fourth-order valence-corrected chi connectivity index (χ4v) is 2.83. The van der Waals surface area contributed by atoms with Gasteiger partial charge in [-0.15, -0.1) is 0 Å². The smallest absolute Gasteiger partial charge is 0.280 e. The second kappa shape index (κ2) is 6.28. The van der Waals surface area contributed by atoms with Gasteiger partial charge in [-0.3, -0.25) is 4.72 Å². The lowest BCUT2D eigenvalue weighted by atomic mass is 10.2. The van der Waals surface area contributed by atoms with Crippen molar-refractivity contribution in [2.45, 2.75) is 31.5 Å². The fourth-order valence-electron chi connectivity index (χ4n) is 1.80. The van der Waals surface area contributed by atoms with Crippen molar-refractivity contribution in [3.63, 3.8) is 0 Å². The zero-order valence-electron chi connectivity index (χ0n) is 12.4. The molecule has 1 aromatic carbocycles. The van der Waals surface area contributed by atoms with E-state index in [2.05, 4.69) is 28.9 Å². The number of aryl methyl sites for hydroxylation is 1. The monoisotopic (exact) mass is 308 g/mol. The third-order valence-corrected chi connectivity index (χ3v) is 4.12. The molecule has 0 spiro atoms. The van der Waals surface area contributed by atoms with Gasteiger partial charge in [-0.1, -0.05) is 26.0 Å². The van der Waals surface area contributed by atoms with Gasteiger partial charge < -0.3 is 9.88 Å². The SMILES string of the molecule is CC(C)NCc1cccc(NS(=O)(=O)c2cn(C)cn2)c1. The number of anilines is 1. The van der Waals surface area contributed by atoms with E-state index in [-0.39, 0.29) is 5.03 Å². The molecule has 0 radical (unpaired) electrons. The Kier molecular flexibility index (Phi) is 4.64. The first-order chi connectivity index (χ1) is 9.87. The summed E-state index contributed by atoms with van der Waals surface area (Å²) >= 11 is 0. The summed E-state index contributed by atoms with van der Waals surface area (Å²) in [6.07, 6.45) is 2.92. The molecule has 7 heteroatoms. The van der Waals surface area contributed by atoms with Crippen molar-refractivity contribution in [1.82, 2.24) is 14.9 Å². The highest BCUT2D eigenvalue weighted by Crippen LogP contribution is 2.16. The van der Waals surface area contributed by atoms with E-state index in [0.717, 1.165) is 5.56 Å². The average Bonchev–Trinajstić information content (AvgIpc) is 2.84. The Bertz CT molecular complexity index is 707. The van der Waals surface area contributed by atoms with Crippen molar-refractivity contribution in [3.8, 4) is 0 Å². The van der Waals surface area contributed by atoms with E-state index >= 15 is 0 Å². The number of nitrogens with zero attached hydrogens (tertiary/aromatic N) is 2. The first-order valence-corrected chi connectivity index (χ1v) is 8.18. The second-order valence-electron chi connectivity index (χ2n) is 5.22. The highest BCUT2D eigenvalue weighted by Gasteiger charge is 2.17. The van der Waals surface area contributed by atoms with Gasteiger partial charge >= 0.3 is 0 Å².